The smallest absolute Gasteiger partial charge is 0.161 e. The molecule has 0 atom stereocenters. The summed E-state index contributed by atoms with van der Waals surface area (Å²) in [5, 5.41) is 0.939. The van der Waals surface area contributed by atoms with Gasteiger partial charge in [0.2, 0.25) is 0 Å². The number of nitrogens with zero attached hydrogens (tertiary/aromatic N) is 1. The zero-order valence-electron chi connectivity index (χ0n) is 10.2. The van der Waals surface area contributed by atoms with Crippen LogP contribution in [-0.4, -0.2) is 11.3 Å². The summed E-state index contributed by atoms with van der Waals surface area (Å²) in [6.07, 6.45) is 0.883. The summed E-state index contributed by atoms with van der Waals surface area (Å²) in [6, 6.07) is 8.25. The Balaban J connectivity index is 2.56. The maximum Gasteiger partial charge on any atom is 0.161 e. The van der Waals surface area contributed by atoms with Crippen LogP contribution in [0.25, 0.3) is 10.6 Å². The van der Waals surface area contributed by atoms with Crippen molar-refractivity contribution in [3.05, 3.63) is 40.4 Å². The predicted octanol–water partition coefficient (Wildman–Crippen LogP) is 4.05. The van der Waals surface area contributed by atoms with E-state index in [1.54, 1.807) is 0 Å². The summed E-state index contributed by atoms with van der Waals surface area (Å²) in [7, 11) is 0. The third kappa shape index (κ3) is 2.29. The van der Waals surface area contributed by atoms with Crippen molar-refractivity contribution in [2.45, 2.75) is 26.7 Å². The van der Waals surface area contributed by atoms with Gasteiger partial charge in [0.15, 0.2) is 6.29 Å². The van der Waals surface area contributed by atoms with E-state index in [0.29, 0.717) is 5.92 Å². The third-order valence-electron chi connectivity index (χ3n) is 2.75. The maximum atomic E-state index is 10.9. The van der Waals surface area contributed by atoms with Crippen LogP contribution in [0.1, 0.15) is 40.7 Å². The monoisotopic (exact) mass is 245 g/mol. The normalized spacial score (nSPS) is 10.8. The van der Waals surface area contributed by atoms with Gasteiger partial charge >= 0.3 is 0 Å². The first kappa shape index (κ1) is 12.0. The molecule has 0 saturated carbocycles. The van der Waals surface area contributed by atoms with E-state index in [4.69, 9.17) is 0 Å². The molecule has 0 aliphatic rings. The molecule has 0 aliphatic carbocycles. The Morgan fingerprint density at radius 2 is 2.00 bits per heavy atom. The largest absolute Gasteiger partial charge is 0.297 e. The molecule has 0 unspecified atom stereocenters. The van der Waals surface area contributed by atoms with Gasteiger partial charge in [-0.3, -0.25) is 4.79 Å². The van der Waals surface area contributed by atoms with E-state index in [1.165, 1.54) is 16.9 Å². The fourth-order valence-electron chi connectivity index (χ4n) is 1.83. The average molecular weight is 245 g/mol. The van der Waals surface area contributed by atoms with Crippen LogP contribution >= 0.6 is 11.3 Å². The van der Waals surface area contributed by atoms with Gasteiger partial charge in [0.1, 0.15) is 5.01 Å². The van der Waals surface area contributed by atoms with Crippen molar-refractivity contribution in [2.75, 3.05) is 0 Å². The molecule has 0 N–H and O–H groups in total. The second kappa shape index (κ2) is 4.80. The zero-order chi connectivity index (χ0) is 12.4. The Labute approximate surface area is 105 Å². The summed E-state index contributed by atoms with van der Waals surface area (Å²) in [5.74, 6) is 0.454. The number of carbonyl (C=O) groups excluding carboxylic acids is 1. The van der Waals surface area contributed by atoms with E-state index >= 15 is 0 Å². The Morgan fingerprint density at radius 1 is 1.29 bits per heavy atom. The number of aryl methyl sites for hydroxylation is 1. The lowest BCUT2D eigenvalue weighted by Crippen LogP contribution is -1.91. The van der Waals surface area contributed by atoms with Crippen LogP contribution < -0.4 is 0 Å². The lowest BCUT2D eigenvalue weighted by Gasteiger charge is -2.09. The Morgan fingerprint density at radius 3 is 2.59 bits per heavy atom. The van der Waals surface area contributed by atoms with Gasteiger partial charge in [-0.1, -0.05) is 38.1 Å². The first-order valence-electron chi connectivity index (χ1n) is 5.65. The predicted molar refractivity (Wildman–Crippen MR) is 71.8 cm³/mol. The molecular formula is C14H15NOS. The molecule has 0 bridgehead atoms. The summed E-state index contributed by atoms with van der Waals surface area (Å²) >= 11 is 1.46. The number of aromatic nitrogens is 1. The molecule has 1 heterocycles. The zero-order valence-corrected chi connectivity index (χ0v) is 11.0. The average Bonchev–Trinajstić information content (AvgIpc) is 2.70. The molecule has 88 valence electrons. The fourth-order valence-corrected chi connectivity index (χ4v) is 2.76. The molecule has 0 saturated heterocycles. The number of thiazole rings is 1. The highest BCUT2D eigenvalue weighted by Gasteiger charge is 2.13. The summed E-state index contributed by atoms with van der Waals surface area (Å²) in [6.45, 7) is 6.21. The molecule has 0 radical (unpaired) electrons. The van der Waals surface area contributed by atoms with Gasteiger partial charge in [0.25, 0.3) is 0 Å². The lowest BCUT2D eigenvalue weighted by atomic mass is 9.98. The van der Waals surface area contributed by atoms with Crippen LogP contribution in [0.2, 0.25) is 0 Å². The number of hydrogen-bond acceptors (Lipinski definition) is 3. The molecule has 1 aromatic carbocycles. The molecule has 2 nitrogen and oxygen atoms in total. The molecular weight excluding hydrogens is 230 g/mol. The molecule has 0 amide bonds. The Kier molecular flexibility index (Phi) is 3.38. The summed E-state index contributed by atoms with van der Waals surface area (Å²) < 4.78 is 0. The number of aldehydes is 1. The second-order valence-electron chi connectivity index (χ2n) is 4.33. The minimum atomic E-state index is 0.454. The van der Waals surface area contributed by atoms with Crippen LogP contribution in [0.15, 0.2) is 24.3 Å². The lowest BCUT2D eigenvalue weighted by molar-refractivity contribution is 0.112. The Hall–Kier alpha value is -1.48. The van der Waals surface area contributed by atoms with E-state index in [2.05, 4.69) is 31.0 Å². The van der Waals surface area contributed by atoms with Crippen molar-refractivity contribution in [3.63, 3.8) is 0 Å². The molecule has 2 rings (SSSR count). The number of carbonyl (C=O) groups is 1. The van der Waals surface area contributed by atoms with Crippen LogP contribution in [0.5, 0.6) is 0 Å². The van der Waals surface area contributed by atoms with Crippen molar-refractivity contribution in [3.8, 4) is 10.6 Å². The van der Waals surface area contributed by atoms with Crippen LogP contribution in [0, 0.1) is 6.92 Å². The molecule has 17 heavy (non-hydrogen) atoms. The van der Waals surface area contributed by atoms with Crippen molar-refractivity contribution in [1.82, 2.24) is 4.98 Å². The minimum absolute atomic E-state index is 0.454. The molecule has 0 spiro atoms. The highest BCUT2D eigenvalue weighted by atomic mass is 32.1. The van der Waals surface area contributed by atoms with Crippen LogP contribution in [0.4, 0.5) is 0 Å². The highest BCUT2D eigenvalue weighted by Crippen LogP contribution is 2.32. The van der Waals surface area contributed by atoms with Gasteiger partial charge in [-0.25, -0.2) is 4.98 Å². The number of rotatable bonds is 3. The fraction of sp³-hybridized carbons (Fsp3) is 0.286. The molecule has 2 aromatic rings. The van der Waals surface area contributed by atoms with E-state index in [0.717, 1.165) is 27.4 Å². The highest BCUT2D eigenvalue weighted by molar-refractivity contribution is 7.16. The topological polar surface area (TPSA) is 30.0 Å². The van der Waals surface area contributed by atoms with Crippen molar-refractivity contribution >= 4 is 17.6 Å². The first-order chi connectivity index (χ1) is 8.13. The van der Waals surface area contributed by atoms with E-state index in [-0.39, 0.29) is 0 Å². The first-order valence-corrected chi connectivity index (χ1v) is 6.47. The van der Waals surface area contributed by atoms with Crippen LogP contribution in [0.3, 0.4) is 0 Å². The quantitative estimate of drug-likeness (QED) is 0.763. The van der Waals surface area contributed by atoms with E-state index in [1.807, 2.05) is 19.1 Å². The van der Waals surface area contributed by atoms with Crippen molar-refractivity contribution in [1.29, 1.82) is 0 Å². The molecule has 0 aliphatic heterocycles. The minimum Gasteiger partial charge on any atom is -0.297 e. The summed E-state index contributed by atoms with van der Waals surface area (Å²) in [5.41, 5.74) is 3.24. The second-order valence-corrected chi connectivity index (χ2v) is 5.36. The molecule has 1 aromatic heterocycles. The summed E-state index contributed by atoms with van der Waals surface area (Å²) in [4.78, 5) is 16.1. The van der Waals surface area contributed by atoms with Crippen molar-refractivity contribution in [2.24, 2.45) is 0 Å². The number of benzene rings is 1. The van der Waals surface area contributed by atoms with Gasteiger partial charge in [0.05, 0.1) is 10.6 Å². The molecule has 0 fully saturated rings. The van der Waals surface area contributed by atoms with Gasteiger partial charge in [-0.05, 0) is 18.4 Å². The standard InChI is InChI=1S/C14H15NOS/c1-9(2)11-6-4-5-7-12(11)14-15-10(3)13(8-16)17-14/h4-9H,1-3H3. The maximum absolute atomic E-state index is 10.9. The van der Waals surface area contributed by atoms with Gasteiger partial charge in [-0.2, -0.15) is 0 Å². The molecule has 3 heteroatoms. The van der Waals surface area contributed by atoms with Gasteiger partial charge in [0, 0.05) is 5.56 Å². The van der Waals surface area contributed by atoms with Gasteiger partial charge in [-0.15, -0.1) is 11.3 Å². The third-order valence-corrected chi connectivity index (χ3v) is 3.87. The Bertz CT molecular complexity index is 543. The van der Waals surface area contributed by atoms with Crippen LogP contribution in [-0.2, 0) is 0 Å². The van der Waals surface area contributed by atoms with E-state index in [9.17, 15) is 4.79 Å². The van der Waals surface area contributed by atoms with Crippen molar-refractivity contribution < 1.29 is 4.79 Å². The van der Waals surface area contributed by atoms with E-state index < -0.39 is 0 Å². The SMILES string of the molecule is Cc1nc(-c2ccccc2C(C)C)sc1C=O. The number of hydrogen-bond donors (Lipinski definition) is 0. The van der Waals surface area contributed by atoms with Gasteiger partial charge < -0.3 is 0 Å².